The highest BCUT2D eigenvalue weighted by atomic mass is 35.5. The summed E-state index contributed by atoms with van der Waals surface area (Å²) in [6, 6.07) is 0.365. The zero-order valence-corrected chi connectivity index (χ0v) is 13.2. The highest BCUT2D eigenvalue weighted by Crippen LogP contribution is 2.24. The van der Waals surface area contributed by atoms with Crippen molar-refractivity contribution in [3.63, 3.8) is 0 Å². The Kier molecular flexibility index (Phi) is 5.22. The molecular formula is C14H24ClN5O. The van der Waals surface area contributed by atoms with Gasteiger partial charge in [-0.05, 0) is 32.6 Å². The van der Waals surface area contributed by atoms with Crippen LogP contribution in [0.25, 0.3) is 0 Å². The average molecular weight is 314 g/mol. The van der Waals surface area contributed by atoms with Crippen LogP contribution in [0.3, 0.4) is 0 Å². The SMILES string of the molecule is Cc1nc2n(n1)CC(NC(=O)C1CCCC(N)C1)CC2.Cl. The van der Waals surface area contributed by atoms with Gasteiger partial charge in [-0.25, -0.2) is 9.67 Å². The van der Waals surface area contributed by atoms with Gasteiger partial charge in [-0.3, -0.25) is 4.79 Å². The van der Waals surface area contributed by atoms with E-state index in [1.54, 1.807) is 0 Å². The molecule has 3 N–H and O–H groups in total. The number of aromatic nitrogens is 3. The fraction of sp³-hybridized carbons (Fsp3) is 0.786. The maximum atomic E-state index is 12.3. The van der Waals surface area contributed by atoms with Crippen molar-refractivity contribution in [3.05, 3.63) is 11.6 Å². The molecule has 2 heterocycles. The number of hydrogen-bond acceptors (Lipinski definition) is 4. The molecule has 2 aliphatic rings. The van der Waals surface area contributed by atoms with Crippen LogP contribution in [0.15, 0.2) is 0 Å². The van der Waals surface area contributed by atoms with Gasteiger partial charge >= 0.3 is 0 Å². The van der Waals surface area contributed by atoms with Gasteiger partial charge in [0.05, 0.1) is 6.54 Å². The highest BCUT2D eigenvalue weighted by molar-refractivity contribution is 5.85. The summed E-state index contributed by atoms with van der Waals surface area (Å²) in [5.74, 6) is 2.11. The van der Waals surface area contributed by atoms with Crippen molar-refractivity contribution in [1.82, 2.24) is 20.1 Å². The topological polar surface area (TPSA) is 85.8 Å². The van der Waals surface area contributed by atoms with Gasteiger partial charge in [0, 0.05) is 24.4 Å². The first kappa shape index (κ1) is 16.2. The van der Waals surface area contributed by atoms with Crippen LogP contribution in [0.1, 0.15) is 43.8 Å². The van der Waals surface area contributed by atoms with E-state index in [4.69, 9.17) is 5.73 Å². The molecule has 118 valence electrons. The van der Waals surface area contributed by atoms with Gasteiger partial charge < -0.3 is 11.1 Å². The van der Waals surface area contributed by atoms with Crippen LogP contribution in [-0.2, 0) is 17.8 Å². The molecule has 1 aliphatic heterocycles. The third-order valence-corrected chi connectivity index (χ3v) is 4.40. The Morgan fingerprint density at radius 1 is 1.38 bits per heavy atom. The first-order valence-electron chi connectivity index (χ1n) is 7.58. The molecule has 6 nitrogen and oxygen atoms in total. The van der Waals surface area contributed by atoms with E-state index in [1.165, 1.54) is 0 Å². The summed E-state index contributed by atoms with van der Waals surface area (Å²) in [4.78, 5) is 16.7. The molecular weight excluding hydrogens is 290 g/mol. The first-order chi connectivity index (χ1) is 9.61. The van der Waals surface area contributed by atoms with Crippen molar-refractivity contribution in [1.29, 1.82) is 0 Å². The average Bonchev–Trinajstić information content (AvgIpc) is 2.78. The number of carbonyl (C=O) groups excluding carboxylic acids is 1. The number of nitrogens with zero attached hydrogens (tertiary/aromatic N) is 3. The van der Waals surface area contributed by atoms with E-state index in [0.29, 0.717) is 0 Å². The molecule has 0 radical (unpaired) electrons. The Bertz CT molecular complexity index is 504. The van der Waals surface area contributed by atoms with Crippen molar-refractivity contribution in [3.8, 4) is 0 Å². The lowest BCUT2D eigenvalue weighted by atomic mass is 9.85. The molecule has 1 aromatic rings. The van der Waals surface area contributed by atoms with Crippen LogP contribution in [0.2, 0.25) is 0 Å². The predicted octanol–water partition coefficient (Wildman–Crippen LogP) is 0.957. The van der Waals surface area contributed by atoms with Gasteiger partial charge in [0.1, 0.15) is 11.6 Å². The van der Waals surface area contributed by atoms with Crippen molar-refractivity contribution in [2.75, 3.05) is 0 Å². The Morgan fingerprint density at radius 3 is 2.95 bits per heavy atom. The monoisotopic (exact) mass is 313 g/mol. The minimum absolute atomic E-state index is 0. The van der Waals surface area contributed by atoms with Crippen molar-refractivity contribution < 1.29 is 4.79 Å². The van der Waals surface area contributed by atoms with Crippen LogP contribution in [0.4, 0.5) is 0 Å². The second kappa shape index (κ2) is 6.75. The number of carbonyl (C=O) groups is 1. The molecule has 21 heavy (non-hydrogen) atoms. The standard InChI is InChI=1S/C14H23N5O.ClH/c1-9-16-13-6-5-12(8-19(13)18-9)17-14(20)10-3-2-4-11(15)7-10;/h10-12H,2-8,15H2,1H3,(H,17,20);1H. The molecule has 1 saturated carbocycles. The largest absolute Gasteiger partial charge is 0.351 e. The quantitative estimate of drug-likeness (QED) is 0.851. The maximum Gasteiger partial charge on any atom is 0.223 e. The molecule has 0 aromatic carbocycles. The summed E-state index contributed by atoms with van der Waals surface area (Å²) in [5.41, 5.74) is 5.96. The zero-order chi connectivity index (χ0) is 14.1. The van der Waals surface area contributed by atoms with Crippen LogP contribution < -0.4 is 11.1 Å². The van der Waals surface area contributed by atoms with E-state index < -0.39 is 0 Å². The minimum Gasteiger partial charge on any atom is -0.351 e. The molecule has 1 fully saturated rings. The molecule has 1 aliphatic carbocycles. The van der Waals surface area contributed by atoms with E-state index >= 15 is 0 Å². The Morgan fingerprint density at radius 2 is 2.19 bits per heavy atom. The molecule has 0 bridgehead atoms. The van der Waals surface area contributed by atoms with Crippen LogP contribution in [0, 0.1) is 12.8 Å². The van der Waals surface area contributed by atoms with Crippen molar-refractivity contribution in [2.24, 2.45) is 11.7 Å². The number of aryl methyl sites for hydroxylation is 2. The number of amides is 1. The summed E-state index contributed by atoms with van der Waals surface area (Å²) in [6.07, 6.45) is 5.75. The zero-order valence-electron chi connectivity index (χ0n) is 12.4. The number of nitrogens with one attached hydrogen (secondary N) is 1. The van der Waals surface area contributed by atoms with E-state index in [0.717, 1.165) is 56.7 Å². The van der Waals surface area contributed by atoms with Crippen molar-refractivity contribution >= 4 is 18.3 Å². The van der Waals surface area contributed by atoms with Gasteiger partial charge in [0.25, 0.3) is 0 Å². The number of fused-ring (bicyclic) bond motifs is 1. The number of hydrogen-bond donors (Lipinski definition) is 2. The molecule has 3 rings (SSSR count). The maximum absolute atomic E-state index is 12.3. The molecule has 1 aromatic heterocycles. The van der Waals surface area contributed by atoms with E-state index in [9.17, 15) is 4.79 Å². The number of halogens is 1. The second-order valence-electron chi connectivity index (χ2n) is 6.13. The summed E-state index contributed by atoms with van der Waals surface area (Å²) in [6.45, 7) is 2.64. The van der Waals surface area contributed by atoms with Gasteiger partial charge in [-0.2, -0.15) is 5.10 Å². The van der Waals surface area contributed by atoms with E-state index in [-0.39, 0.29) is 36.3 Å². The molecule has 3 unspecified atom stereocenters. The van der Waals surface area contributed by atoms with Crippen LogP contribution in [0.5, 0.6) is 0 Å². The van der Waals surface area contributed by atoms with Crippen LogP contribution in [-0.4, -0.2) is 32.8 Å². The first-order valence-corrected chi connectivity index (χ1v) is 7.58. The summed E-state index contributed by atoms with van der Waals surface area (Å²) in [5, 5.41) is 7.54. The molecule has 0 saturated heterocycles. The Balaban J connectivity index is 0.00000161. The van der Waals surface area contributed by atoms with Gasteiger partial charge in [-0.1, -0.05) is 6.42 Å². The predicted molar refractivity (Wildman–Crippen MR) is 82.2 cm³/mol. The molecule has 7 heteroatoms. The smallest absolute Gasteiger partial charge is 0.223 e. The second-order valence-corrected chi connectivity index (χ2v) is 6.13. The lowest BCUT2D eigenvalue weighted by Crippen LogP contribution is -2.45. The fourth-order valence-electron chi connectivity index (χ4n) is 3.34. The third-order valence-electron chi connectivity index (χ3n) is 4.40. The minimum atomic E-state index is 0. The Labute approximate surface area is 131 Å². The van der Waals surface area contributed by atoms with Crippen LogP contribution >= 0.6 is 12.4 Å². The highest BCUT2D eigenvalue weighted by Gasteiger charge is 2.28. The lowest BCUT2D eigenvalue weighted by Gasteiger charge is -2.29. The van der Waals surface area contributed by atoms with E-state index in [2.05, 4.69) is 15.4 Å². The van der Waals surface area contributed by atoms with Gasteiger partial charge in [-0.15, -0.1) is 12.4 Å². The number of nitrogens with two attached hydrogens (primary N) is 1. The van der Waals surface area contributed by atoms with Gasteiger partial charge in [0.15, 0.2) is 0 Å². The molecule has 0 spiro atoms. The summed E-state index contributed by atoms with van der Waals surface area (Å²) < 4.78 is 1.93. The summed E-state index contributed by atoms with van der Waals surface area (Å²) >= 11 is 0. The van der Waals surface area contributed by atoms with Gasteiger partial charge in [0.2, 0.25) is 5.91 Å². The Hall–Kier alpha value is -1.14. The summed E-state index contributed by atoms with van der Waals surface area (Å²) in [7, 11) is 0. The molecule has 3 atom stereocenters. The van der Waals surface area contributed by atoms with Crippen molar-refractivity contribution in [2.45, 2.75) is 64.1 Å². The normalized spacial score (nSPS) is 28.4. The fourth-order valence-corrected chi connectivity index (χ4v) is 3.34. The van der Waals surface area contributed by atoms with E-state index in [1.807, 2.05) is 11.6 Å². The third kappa shape index (κ3) is 3.74. The number of rotatable bonds is 2. The molecule has 1 amide bonds. The lowest BCUT2D eigenvalue weighted by molar-refractivity contribution is -0.127.